The van der Waals surface area contributed by atoms with Crippen molar-refractivity contribution in [1.29, 1.82) is 0 Å². The van der Waals surface area contributed by atoms with Gasteiger partial charge in [-0.2, -0.15) is 0 Å². The third-order valence-corrected chi connectivity index (χ3v) is 19.1. The summed E-state index contributed by atoms with van der Waals surface area (Å²) in [5, 5.41) is 11.5. The summed E-state index contributed by atoms with van der Waals surface area (Å²) in [4.78, 5) is 16.2. The predicted octanol–water partition coefficient (Wildman–Crippen LogP) is 22.2. The van der Waals surface area contributed by atoms with Crippen molar-refractivity contribution in [3.63, 3.8) is 0 Å². The quantitative estimate of drug-likeness (QED) is 0.152. The molecule has 0 spiro atoms. The first kappa shape index (κ1) is 49.5. The molecular weight excluding hydrogens is 1110 g/mol. The van der Waals surface area contributed by atoms with E-state index in [1.54, 1.807) is 0 Å². The summed E-state index contributed by atoms with van der Waals surface area (Å²) in [6.07, 6.45) is 0. The first-order chi connectivity index (χ1) is 44.1. The highest BCUT2D eigenvalue weighted by atomic mass is 32.1. The minimum absolute atomic E-state index is 0.546. The molecule has 0 saturated carbocycles. The largest absolute Gasteiger partial charge is 0.456 e. The number of hydrogen-bond acceptors (Lipinski definition) is 6. The van der Waals surface area contributed by atoms with E-state index in [-0.39, 0.29) is 0 Å². The number of nitrogens with zero attached hydrogens (tertiary/aromatic N) is 5. The van der Waals surface area contributed by atoms with Gasteiger partial charge in [0.15, 0.2) is 17.5 Å². The molecule has 0 unspecified atom stereocenters. The van der Waals surface area contributed by atoms with Gasteiger partial charge in [0, 0.05) is 91.3 Å². The Hall–Kier alpha value is -11.7. The lowest BCUT2D eigenvalue weighted by molar-refractivity contribution is 0.668. The van der Waals surface area contributed by atoms with Crippen LogP contribution in [-0.4, -0.2) is 24.1 Å². The topological polar surface area (TPSA) is 74.8 Å². The smallest absolute Gasteiger partial charge is 0.164 e. The minimum Gasteiger partial charge on any atom is -0.456 e. The summed E-state index contributed by atoms with van der Waals surface area (Å²) in [5.41, 5.74) is 19.3. The van der Waals surface area contributed by atoms with E-state index < -0.39 is 0 Å². The molecule has 0 N–H and O–H groups in total. The number of fused-ring (bicyclic) bond motifs is 15. The second kappa shape index (κ2) is 19.4. The Morgan fingerprint density at radius 2 is 0.730 bits per heavy atom. The molecule has 0 fully saturated rings. The number of aromatic nitrogens is 5. The SMILES string of the molecule is c1ccc(-n2c3ccccc3c3cc(-c4ccc5c(c4)sc4ccc(-c6ccc7oc8cccc(-c9nc(-c%10cccc(-c%11ccc%12c(c%11)oc%11ccccc%11%12)c%10)nc(-c%10cccc(-n%11c%12ccccc%12c%12ccccc%12%11)c%10)n9)c8c7c6)cc45)ccc32)cc1. The molecule has 0 aliphatic heterocycles. The van der Waals surface area contributed by atoms with E-state index in [1.807, 2.05) is 35.6 Å². The van der Waals surface area contributed by atoms with E-state index in [9.17, 15) is 0 Å². The molecule has 0 atom stereocenters. The highest BCUT2D eigenvalue weighted by molar-refractivity contribution is 7.25. The van der Waals surface area contributed by atoms with Crippen molar-refractivity contribution in [2.75, 3.05) is 0 Å². The van der Waals surface area contributed by atoms with Gasteiger partial charge >= 0.3 is 0 Å². The molecule has 0 amide bonds. The van der Waals surface area contributed by atoms with E-state index in [4.69, 9.17) is 23.8 Å². The van der Waals surface area contributed by atoms with Crippen LogP contribution < -0.4 is 0 Å². The number of benzene rings is 13. The van der Waals surface area contributed by atoms with Crippen molar-refractivity contribution in [3.05, 3.63) is 285 Å². The number of rotatable bonds is 8. The molecule has 19 rings (SSSR count). The van der Waals surface area contributed by atoms with Gasteiger partial charge in [-0.1, -0.05) is 170 Å². The van der Waals surface area contributed by atoms with Crippen LogP contribution in [0, 0.1) is 0 Å². The van der Waals surface area contributed by atoms with Gasteiger partial charge in [0.2, 0.25) is 0 Å². The molecule has 6 heterocycles. The monoisotopic (exact) mass is 1150 g/mol. The Morgan fingerprint density at radius 1 is 0.247 bits per heavy atom. The van der Waals surface area contributed by atoms with Gasteiger partial charge in [0.05, 0.1) is 22.1 Å². The predicted molar refractivity (Wildman–Crippen MR) is 369 cm³/mol. The molecule has 8 heteroatoms. The Kier molecular flexibility index (Phi) is 10.8. The molecule has 0 aliphatic rings. The maximum absolute atomic E-state index is 6.73. The first-order valence-electron chi connectivity index (χ1n) is 30.0. The Morgan fingerprint density at radius 3 is 1.51 bits per heavy atom. The number of para-hydroxylation sites is 5. The normalized spacial score (nSPS) is 12.0. The van der Waals surface area contributed by atoms with Crippen LogP contribution in [0.3, 0.4) is 0 Å². The van der Waals surface area contributed by atoms with Crippen molar-refractivity contribution in [2.45, 2.75) is 0 Å². The minimum atomic E-state index is 0.546. The van der Waals surface area contributed by atoms with Gasteiger partial charge in [0.1, 0.15) is 22.3 Å². The van der Waals surface area contributed by atoms with Crippen molar-refractivity contribution in [2.24, 2.45) is 0 Å². The standard InChI is InChI=1S/C81H47N5O2S/c1-2-18-56(19-3-1)85-70-28-10-6-23-60(70)65-43-49(33-38-71(65)85)53-32-37-63-66-44-51(35-40-76(66)89-77(63)47-53)50-34-39-73-67(45-50)78-64(25-14-30-74(78)87-73)81-83-79(54-16-12-15-48(41-54)52-31-36-62-61-24-7-11-29-72(61)88-75(62)46-52)82-80(84-81)55-17-13-20-57(42-55)86-68-26-8-4-21-58(68)59-22-5-9-27-69(59)86/h1-47H. The van der Waals surface area contributed by atoms with Crippen LogP contribution in [0.2, 0.25) is 0 Å². The molecule has 7 nitrogen and oxygen atoms in total. The molecular formula is C81H47N5O2S. The number of thiophene rings is 1. The summed E-state index contributed by atoms with van der Waals surface area (Å²) in [7, 11) is 0. The van der Waals surface area contributed by atoms with Gasteiger partial charge in [-0.25, -0.2) is 15.0 Å². The van der Waals surface area contributed by atoms with E-state index in [2.05, 4.69) is 270 Å². The van der Waals surface area contributed by atoms with Crippen LogP contribution in [0.25, 0.3) is 187 Å². The van der Waals surface area contributed by atoms with Crippen LogP contribution in [0.15, 0.2) is 294 Å². The number of hydrogen-bond donors (Lipinski definition) is 0. The summed E-state index contributed by atoms with van der Waals surface area (Å²) >= 11 is 1.84. The summed E-state index contributed by atoms with van der Waals surface area (Å²) in [6, 6.07) is 102. The Bertz CT molecular complexity index is 6090. The van der Waals surface area contributed by atoms with Gasteiger partial charge in [-0.3, -0.25) is 0 Å². The maximum Gasteiger partial charge on any atom is 0.164 e. The lowest BCUT2D eigenvalue weighted by Crippen LogP contribution is -2.01. The van der Waals surface area contributed by atoms with Gasteiger partial charge in [0.25, 0.3) is 0 Å². The molecule has 0 saturated heterocycles. The van der Waals surface area contributed by atoms with Gasteiger partial charge in [-0.05, 0) is 149 Å². The van der Waals surface area contributed by atoms with Crippen LogP contribution in [0.4, 0.5) is 0 Å². The molecule has 0 bridgehead atoms. The summed E-state index contributed by atoms with van der Waals surface area (Å²) in [6.45, 7) is 0. The Labute approximate surface area is 512 Å². The first-order valence-corrected chi connectivity index (χ1v) is 30.8. The molecule has 89 heavy (non-hydrogen) atoms. The van der Waals surface area contributed by atoms with Crippen LogP contribution in [-0.2, 0) is 0 Å². The van der Waals surface area contributed by atoms with Crippen molar-refractivity contribution < 1.29 is 8.83 Å². The second-order valence-electron chi connectivity index (χ2n) is 23.1. The molecule has 0 aliphatic carbocycles. The van der Waals surface area contributed by atoms with Crippen LogP contribution in [0.1, 0.15) is 0 Å². The average Bonchev–Trinajstić information content (AvgIpc) is 2.01. The fourth-order valence-electron chi connectivity index (χ4n) is 13.8. The van der Waals surface area contributed by atoms with Crippen molar-refractivity contribution in [1.82, 2.24) is 24.1 Å². The third kappa shape index (κ3) is 7.87. The second-order valence-corrected chi connectivity index (χ2v) is 24.1. The third-order valence-electron chi connectivity index (χ3n) is 18.0. The lowest BCUT2D eigenvalue weighted by atomic mass is 9.98. The Balaban J connectivity index is 0.726. The van der Waals surface area contributed by atoms with Gasteiger partial charge < -0.3 is 18.0 Å². The highest BCUT2D eigenvalue weighted by Gasteiger charge is 2.22. The number of furan rings is 2. The molecule has 13 aromatic carbocycles. The zero-order chi connectivity index (χ0) is 58.3. The van der Waals surface area contributed by atoms with Crippen molar-refractivity contribution >= 4 is 119 Å². The molecule has 0 radical (unpaired) electrons. The fourth-order valence-corrected chi connectivity index (χ4v) is 14.9. The average molecular weight is 1150 g/mol. The van der Waals surface area contributed by atoms with E-state index in [1.165, 1.54) is 63.9 Å². The lowest BCUT2D eigenvalue weighted by Gasteiger charge is -2.12. The fraction of sp³-hybridized carbons (Fsp3) is 0. The molecule has 414 valence electrons. The van der Waals surface area contributed by atoms with Crippen LogP contribution >= 0.6 is 11.3 Å². The van der Waals surface area contributed by atoms with Crippen LogP contribution in [0.5, 0.6) is 0 Å². The summed E-state index contributed by atoms with van der Waals surface area (Å²) in [5.74, 6) is 1.66. The summed E-state index contributed by atoms with van der Waals surface area (Å²) < 4.78 is 20.3. The zero-order valence-electron chi connectivity index (χ0n) is 47.6. The highest BCUT2D eigenvalue weighted by Crippen LogP contribution is 2.44. The van der Waals surface area contributed by atoms with E-state index >= 15 is 0 Å². The molecule has 6 aromatic heterocycles. The van der Waals surface area contributed by atoms with E-state index in [0.717, 1.165) is 105 Å². The molecule has 19 aromatic rings. The van der Waals surface area contributed by atoms with Crippen molar-refractivity contribution in [3.8, 4) is 78.9 Å². The zero-order valence-corrected chi connectivity index (χ0v) is 48.4. The maximum atomic E-state index is 6.73. The van der Waals surface area contributed by atoms with E-state index in [0.29, 0.717) is 17.5 Å². The van der Waals surface area contributed by atoms with Gasteiger partial charge in [-0.15, -0.1) is 11.3 Å².